The van der Waals surface area contributed by atoms with Gasteiger partial charge in [0.25, 0.3) is 0 Å². The van der Waals surface area contributed by atoms with Gasteiger partial charge in [0.2, 0.25) is 0 Å². The van der Waals surface area contributed by atoms with Crippen molar-refractivity contribution >= 4 is 32.7 Å². The van der Waals surface area contributed by atoms with Crippen LogP contribution in [-0.4, -0.2) is 15.0 Å². The third-order valence-electron chi connectivity index (χ3n) is 12.8. The molecule has 292 valence electrons. The van der Waals surface area contributed by atoms with Gasteiger partial charge in [0.15, 0.2) is 17.5 Å². The van der Waals surface area contributed by atoms with Gasteiger partial charge < -0.3 is 9.15 Å². The van der Waals surface area contributed by atoms with Crippen LogP contribution in [0, 0.1) is 11.3 Å². The Morgan fingerprint density at radius 1 is 0.429 bits per heavy atom. The molecule has 0 radical (unpaired) electrons. The number of hydrogen-bond acceptors (Lipinski definition) is 6. The van der Waals surface area contributed by atoms with Crippen LogP contribution in [0.3, 0.4) is 0 Å². The van der Waals surface area contributed by atoms with E-state index in [2.05, 4.69) is 121 Å². The topological polar surface area (TPSA) is 84.8 Å². The van der Waals surface area contributed by atoms with E-state index in [9.17, 15) is 5.26 Å². The molecule has 11 aromatic rings. The monoisotopic (exact) mass is 804 g/mol. The average Bonchev–Trinajstić information content (AvgIpc) is 3.88. The van der Waals surface area contributed by atoms with Gasteiger partial charge in [-0.15, -0.1) is 0 Å². The lowest BCUT2D eigenvalue weighted by molar-refractivity contribution is 0.436. The van der Waals surface area contributed by atoms with Gasteiger partial charge in [0.1, 0.15) is 22.7 Å². The molecule has 13 rings (SSSR count). The predicted molar refractivity (Wildman–Crippen MR) is 248 cm³/mol. The summed E-state index contributed by atoms with van der Waals surface area (Å²) >= 11 is 0. The predicted octanol–water partition coefficient (Wildman–Crippen LogP) is 13.9. The first kappa shape index (κ1) is 35.1. The Morgan fingerprint density at radius 2 is 1.08 bits per heavy atom. The smallest absolute Gasteiger partial charge is 0.164 e. The Morgan fingerprint density at radius 3 is 1.97 bits per heavy atom. The van der Waals surface area contributed by atoms with Crippen LogP contribution < -0.4 is 4.74 Å². The van der Waals surface area contributed by atoms with Crippen LogP contribution in [0.1, 0.15) is 27.8 Å². The van der Waals surface area contributed by atoms with E-state index in [0.717, 1.165) is 77.9 Å². The molecule has 0 N–H and O–H groups in total. The van der Waals surface area contributed by atoms with Crippen molar-refractivity contribution in [3.05, 3.63) is 222 Å². The van der Waals surface area contributed by atoms with E-state index in [4.69, 9.17) is 24.1 Å². The van der Waals surface area contributed by atoms with Crippen molar-refractivity contribution in [3.8, 4) is 74.0 Å². The summed E-state index contributed by atoms with van der Waals surface area (Å²) in [5.74, 6) is 3.23. The molecular weight excluding hydrogens is 773 g/mol. The summed E-state index contributed by atoms with van der Waals surface area (Å²) in [5.41, 5.74) is 12.7. The van der Waals surface area contributed by atoms with Gasteiger partial charge in [0, 0.05) is 38.6 Å². The van der Waals surface area contributed by atoms with E-state index in [-0.39, 0.29) is 0 Å². The van der Waals surface area contributed by atoms with Crippen LogP contribution in [0.2, 0.25) is 0 Å². The average molecular weight is 805 g/mol. The normalized spacial score (nSPS) is 14.5. The van der Waals surface area contributed by atoms with Crippen LogP contribution in [0.25, 0.3) is 89.1 Å². The molecule has 0 saturated heterocycles. The number of fused-ring (bicyclic) bond motifs is 14. The highest BCUT2D eigenvalue weighted by Crippen LogP contribution is 2.63. The van der Waals surface area contributed by atoms with Gasteiger partial charge in [-0.2, -0.15) is 5.26 Å². The molecule has 0 fully saturated rings. The quantitative estimate of drug-likeness (QED) is 0.176. The first-order chi connectivity index (χ1) is 31.2. The number of hydrogen-bond donors (Lipinski definition) is 0. The lowest BCUT2D eigenvalue weighted by Crippen LogP contribution is -2.32. The molecule has 1 atom stereocenters. The number of rotatable bonds is 4. The molecule has 1 spiro atoms. The van der Waals surface area contributed by atoms with E-state index in [0.29, 0.717) is 23.0 Å². The van der Waals surface area contributed by atoms with Crippen LogP contribution in [0.4, 0.5) is 0 Å². The summed E-state index contributed by atoms with van der Waals surface area (Å²) in [6.45, 7) is 0. The van der Waals surface area contributed by atoms with Crippen LogP contribution in [0.15, 0.2) is 199 Å². The molecule has 3 heterocycles. The zero-order chi connectivity index (χ0) is 41.6. The third-order valence-corrected chi connectivity index (χ3v) is 12.8. The minimum absolute atomic E-state index is 0.562. The summed E-state index contributed by atoms with van der Waals surface area (Å²) in [4.78, 5) is 15.4. The van der Waals surface area contributed by atoms with Crippen LogP contribution in [-0.2, 0) is 5.41 Å². The lowest BCUT2D eigenvalue weighted by atomic mass is 9.65. The second kappa shape index (κ2) is 13.4. The fraction of sp³-hybridized carbons (Fsp3) is 0.0175. The zero-order valence-corrected chi connectivity index (χ0v) is 33.6. The summed E-state index contributed by atoms with van der Waals surface area (Å²) in [5, 5.41) is 14.6. The van der Waals surface area contributed by atoms with Gasteiger partial charge in [-0.05, 0) is 92.7 Å². The molecule has 63 heavy (non-hydrogen) atoms. The van der Waals surface area contributed by atoms with Gasteiger partial charge in [-0.3, -0.25) is 0 Å². The first-order valence-electron chi connectivity index (χ1n) is 21.0. The number of nitrogens with zero attached hydrogens (tertiary/aromatic N) is 4. The van der Waals surface area contributed by atoms with Gasteiger partial charge in [-0.1, -0.05) is 146 Å². The van der Waals surface area contributed by atoms with Crippen molar-refractivity contribution < 1.29 is 9.15 Å². The summed E-state index contributed by atoms with van der Waals surface area (Å²) in [7, 11) is 0. The van der Waals surface area contributed by atoms with E-state index in [1.807, 2.05) is 78.9 Å². The Hall–Kier alpha value is -8.66. The number of benzene rings is 9. The maximum Gasteiger partial charge on any atom is 0.164 e. The standard InChI is InChI=1S/C57H32N4O2/c58-33-34-24-28-49-46(30-34)57(44-21-8-6-18-41(44)52-40-17-5-4-12-35(40)25-27-45(52)57)47-32-38(26-29-50(47)63-49)37-15-10-16-39(31-37)55-59-54(36-13-2-1-3-14-36)60-56(61-55)43-20-11-23-51-53(43)42-19-7-9-22-48(42)62-51/h1-32H. The SMILES string of the molecule is N#Cc1ccc2c(c1)C1(c3cc(-c4cccc(-c5nc(-c6ccccc6)nc(-c6cccc7oc8ccccc8c67)n5)c4)ccc3O2)c2ccccc2-c2c1ccc1ccccc21. The van der Waals surface area contributed by atoms with Gasteiger partial charge in [-0.25, -0.2) is 15.0 Å². The van der Waals surface area contributed by atoms with E-state index < -0.39 is 5.41 Å². The first-order valence-corrected chi connectivity index (χ1v) is 21.0. The second-order valence-corrected chi connectivity index (χ2v) is 16.2. The lowest BCUT2D eigenvalue weighted by Gasteiger charge is -2.39. The molecule has 6 heteroatoms. The van der Waals surface area contributed by atoms with E-state index in [1.54, 1.807) is 0 Å². The maximum atomic E-state index is 10.2. The fourth-order valence-electron chi connectivity index (χ4n) is 10.1. The highest BCUT2D eigenvalue weighted by atomic mass is 16.5. The number of furan rings is 1. The number of aromatic nitrogens is 3. The minimum atomic E-state index is -0.759. The Labute approximate surface area is 362 Å². The number of para-hydroxylation sites is 1. The molecule has 9 aromatic carbocycles. The summed E-state index contributed by atoms with van der Waals surface area (Å²) < 4.78 is 13.1. The molecule has 1 aliphatic carbocycles. The summed E-state index contributed by atoms with van der Waals surface area (Å²) in [6.07, 6.45) is 0. The third kappa shape index (κ3) is 5.14. The largest absolute Gasteiger partial charge is 0.457 e. The highest BCUT2D eigenvalue weighted by Gasteiger charge is 2.51. The molecule has 6 nitrogen and oxygen atoms in total. The molecule has 1 aliphatic heterocycles. The zero-order valence-electron chi connectivity index (χ0n) is 33.6. The van der Waals surface area contributed by atoms with E-state index >= 15 is 0 Å². The van der Waals surface area contributed by atoms with Crippen molar-refractivity contribution in [2.24, 2.45) is 0 Å². The molecule has 0 saturated carbocycles. The Kier molecular flexibility index (Phi) is 7.48. The van der Waals surface area contributed by atoms with Crippen molar-refractivity contribution in [2.75, 3.05) is 0 Å². The van der Waals surface area contributed by atoms with Crippen molar-refractivity contribution in [2.45, 2.75) is 5.41 Å². The molecule has 2 aliphatic rings. The number of ether oxygens (including phenoxy) is 1. The second-order valence-electron chi connectivity index (χ2n) is 16.2. The minimum Gasteiger partial charge on any atom is -0.457 e. The Bertz CT molecular complexity index is 3750. The molecule has 1 unspecified atom stereocenters. The summed E-state index contributed by atoms with van der Waals surface area (Å²) in [6, 6.07) is 69.1. The molecule has 2 aromatic heterocycles. The van der Waals surface area contributed by atoms with Crippen molar-refractivity contribution in [3.63, 3.8) is 0 Å². The maximum absolute atomic E-state index is 10.2. The van der Waals surface area contributed by atoms with Crippen LogP contribution in [0.5, 0.6) is 11.5 Å². The van der Waals surface area contributed by atoms with Crippen molar-refractivity contribution in [1.29, 1.82) is 5.26 Å². The molecule has 0 amide bonds. The van der Waals surface area contributed by atoms with Crippen LogP contribution >= 0.6 is 0 Å². The molecular formula is C57H32N4O2. The van der Waals surface area contributed by atoms with E-state index in [1.165, 1.54) is 27.5 Å². The Balaban J connectivity index is 1.02. The molecule has 0 bridgehead atoms. The highest BCUT2D eigenvalue weighted by molar-refractivity contribution is 6.12. The van der Waals surface area contributed by atoms with Gasteiger partial charge in [0.05, 0.1) is 17.0 Å². The number of nitriles is 1. The fourth-order valence-corrected chi connectivity index (χ4v) is 10.1. The van der Waals surface area contributed by atoms with Gasteiger partial charge >= 0.3 is 0 Å². The van der Waals surface area contributed by atoms with Crippen molar-refractivity contribution in [1.82, 2.24) is 15.0 Å².